The number of ether oxygens (including phenoxy) is 1. The van der Waals surface area contributed by atoms with E-state index in [0.717, 1.165) is 22.5 Å². The number of methoxy groups -OCH3 is 1. The quantitative estimate of drug-likeness (QED) is 0.0951. The Hall–Kier alpha value is 0.910. The molecule has 0 bridgehead atoms. The number of hydrogen-bond donors (Lipinski definition) is 1. The zero-order chi connectivity index (χ0) is 24.8. The maximum absolute atomic E-state index is 12.2. The molecule has 0 aliphatic carbocycles. The number of nitrogens with one attached hydrogen (secondary N) is 1. The van der Waals surface area contributed by atoms with Gasteiger partial charge in [-0.2, -0.15) is 11.8 Å². The van der Waals surface area contributed by atoms with Crippen molar-refractivity contribution in [1.82, 2.24) is 4.72 Å². The lowest BCUT2D eigenvalue weighted by atomic mass is 10.0. The lowest BCUT2D eigenvalue weighted by molar-refractivity contribution is -0.870. The van der Waals surface area contributed by atoms with Crippen molar-refractivity contribution in [3.63, 3.8) is 0 Å². The molecule has 5 nitrogen and oxygen atoms in total. The van der Waals surface area contributed by atoms with E-state index in [1.54, 1.807) is 7.11 Å². The van der Waals surface area contributed by atoms with E-state index in [4.69, 9.17) is 4.74 Å². The van der Waals surface area contributed by atoms with Crippen LogP contribution in [0, 0.1) is 0 Å². The van der Waals surface area contributed by atoms with Crippen LogP contribution in [0.1, 0.15) is 103 Å². The van der Waals surface area contributed by atoms with Crippen LogP contribution < -0.4 is 28.7 Å². The first-order chi connectivity index (χ1) is 15.7. The number of quaternary nitrogens is 1. The molecule has 0 radical (unpaired) electrons. The fourth-order valence-corrected chi connectivity index (χ4v) is 6.03. The first-order valence-corrected chi connectivity index (χ1v) is 16.4. The Kier molecular flexibility index (Phi) is 26.4. The standard InChI is InChI=1S/C26H57N2O3S2.HI/c1-6-7-8-9-10-11-12-13-14-15-16-17-18-19-22-32-25-26(31-5)24-27-33(29,30)23-20-21-28(2,3)4;/h26-27H,6-25H2,1-5H3;1H/q+1;/p-1. The minimum absolute atomic E-state index is 0. The van der Waals surface area contributed by atoms with E-state index in [1.165, 1.54) is 89.9 Å². The van der Waals surface area contributed by atoms with Crippen LogP contribution in [-0.4, -0.2) is 77.6 Å². The fraction of sp³-hybridized carbons (Fsp3) is 1.00. The summed E-state index contributed by atoms with van der Waals surface area (Å²) in [6, 6.07) is 0. The molecule has 1 atom stereocenters. The number of halogens is 1. The van der Waals surface area contributed by atoms with Gasteiger partial charge >= 0.3 is 0 Å². The average Bonchev–Trinajstić information content (AvgIpc) is 2.74. The number of hydrogen-bond acceptors (Lipinski definition) is 4. The van der Waals surface area contributed by atoms with Crippen molar-refractivity contribution in [3.8, 4) is 0 Å². The third-order valence-corrected chi connectivity index (χ3v) is 8.67. The average molecular weight is 637 g/mol. The number of nitrogens with zero attached hydrogens (tertiary/aromatic N) is 1. The molecule has 0 aliphatic rings. The molecule has 8 heteroatoms. The molecular formula is C26H57IN2O3S2. The third kappa shape index (κ3) is 27.5. The van der Waals surface area contributed by atoms with Crippen LogP contribution in [0.5, 0.6) is 0 Å². The molecule has 0 spiro atoms. The molecule has 0 rings (SSSR count). The van der Waals surface area contributed by atoms with Crippen molar-refractivity contribution < 1.29 is 41.6 Å². The SMILES string of the molecule is CCCCCCCCCCCCCCCCSCC(CNS(=O)(=O)CCC[N+](C)(C)C)OC.[I-]. The highest BCUT2D eigenvalue weighted by Crippen LogP contribution is 2.14. The summed E-state index contributed by atoms with van der Waals surface area (Å²) in [5, 5.41) is 0. The van der Waals surface area contributed by atoms with Crippen LogP contribution in [0.25, 0.3) is 0 Å². The second-order valence-corrected chi connectivity index (χ2v) is 13.6. The Labute approximate surface area is 235 Å². The maximum atomic E-state index is 12.2. The normalized spacial score (nSPS) is 13.1. The second-order valence-electron chi connectivity index (χ2n) is 10.6. The van der Waals surface area contributed by atoms with Gasteiger partial charge in [0, 0.05) is 25.8 Å². The van der Waals surface area contributed by atoms with Crippen molar-refractivity contribution in [2.45, 2.75) is 109 Å². The van der Waals surface area contributed by atoms with Gasteiger partial charge in [0.2, 0.25) is 10.0 Å². The maximum Gasteiger partial charge on any atom is 0.211 e. The molecule has 0 amide bonds. The summed E-state index contributed by atoms with van der Waals surface area (Å²) >= 11 is 1.88. The van der Waals surface area contributed by atoms with Crippen LogP contribution in [0.3, 0.4) is 0 Å². The number of rotatable bonds is 25. The molecule has 0 fully saturated rings. The summed E-state index contributed by atoms with van der Waals surface area (Å²) in [4.78, 5) is 0. The van der Waals surface area contributed by atoms with Gasteiger partial charge in [-0.15, -0.1) is 0 Å². The summed E-state index contributed by atoms with van der Waals surface area (Å²) in [6.45, 7) is 3.50. The summed E-state index contributed by atoms with van der Waals surface area (Å²) in [5.74, 6) is 2.16. The first kappa shape index (κ1) is 37.1. The third-order valence-electron chi connectivity index (χ3n) is 6.05. The van der Waals surface area contributed by atoms with E-state index in [9.17, 15) is 8.42 Å². The molecule has 0 aromatic heterocycles. The molecule has 208 valence electrons. The van der Waals surface area contributed by atoms with Gasteiger partial charge in [-0.25, -0.2) is 13.1 Å². The largest absolute Gasteiger partial charge is 1.00 e. The van der Waals surface area contributed by atoms with Crippen molar-refractivity contribution >= 4 is 21.8 Å². The summed E-state index contributed by atoms with van der Waals surface area (Å²) in [6.07, 6.45) is 20.0. The lowest BCUT2D eigenvalue weighted by Crippen LogP contribution is -3.00. The summed E-state index contributed by atoms with van der Waals surface area (Å²) in [7, 11) is 4.69. The molecular weight excluding hydrogens is 579 g/mol. The Balaban J connectivity index is 0. The number of sulfonamides is 1. The molecule has 0 aromatic rings. The van der Waals surface area contributed by atoms with E-state index in [0.29, 0.717) is 13.0 Å². The Morgan fingerprint density at radius 3 is 1.71 bits per heavy atom. The minimum atomic E-state index is -3.22. The molecule has 0 heterocycles. The van der Waals surface area contributed by atoms with Gasteiger partial charge in [-0.3, -0.25) is 0 Å². The predicted molar refractivity (Wildman–Crippen MR) is 148 cm³/mol. The van der Waals surface area contributed by atoms with Gasteiger partial charge < -0.3 is 33.2 Å². The van der Waals surface area contributed by atoms with Crippen LogP contribution in [-0.2, 0) is 14.8 Å². The van der Waals surface area contributed by atoms with E-state index in [2.05, 4.69) is 32.8 Å². The van der Waals surface area contributed by atoms with Crippen LogP contribution in [0.2, 0.25) is 0 Å². The van der Waals surface area contributed by atoms with Crippen molar-refractivity contribution in [2.75, 3.05) is 58.6 Å². The van der Waals surface area contributed by atoms with Crippen LogP contribution in [0.4, 0.5) is 0 Å². The van der Waals surface area contributed by atoms with E-state index in [-0.39, 0.29) is 35.8 Å². The van der Waals surface area contributed by atoms with Gasteiger partial charge in [0.15, 0.2) is 0 Å². The van der Waals surface area contributed by atoms with Gasteiger partial charge in [0.1, 0.15) is 0 Å². The van der Waals surface area contributed by atoms with Crippen LogP contribution in [0.15, 0.2) is 0 Å². The second kappa shape index (κ2) is 24.3. The van der Waals surface area contributed by atoms with E-state index < -0.39 is 10.0 Å². The number of unbranched alkanes of at least 4 members (excludes halogenated alkanes) is 13. The lowest BCUT2D eigenvalue weighted by Gasteiger charge is -2.23. The van der Waals surface area contributed by atoms with E-state index >= 15 is 0 Å². The molecule has 0 aromatic carbocycles. The van der Waals surface area contributed by atoms with Crippen molar-refractivity contribution in [2.24, 2.45) is 0 Å². The molecule has 1 N–H and O–H groups in total. The minimum Gasteiger partial charge on any atom is -1.00 e. The fourth-order valence-electron chi connectivity index (χ4n) is 3.84. The summed E-state index contributed by atoms with van der Waals surface area (Å²) in [5.41, 5.74) is 0. The van der Waals surface area contributed by atoms with Gasteiger partial charge in [-0.1, -0.05) is 90.4 Å². The predicted octanol–water partition coefficient (Wildman–Crippen LogP) is 3.24. The summed E-state index contributed by atoms with van der Waals surface area (Å²) < 4.78 is 33.3. The highest BCUT2D eigenvalue weighted by atomic mass is 127. The Bertz CT molecular complexity index is 529. The molecule has 0 saturated heterocycles. The smallest absolute Gasteiger partial charge is 0.211 e. The zero-order valence-corrected chi connectivity index (χ0v) is 26.9. The van der Waals surface area contributed by atoms with Gasteiger partial charge in [0.05, 0.1) is 39.5 Å². The Morgan fingerprint density at radius 2 is 1.26 bits per heavy atom. The van der Waals surface area contributed by atoms with Gasteiger partial charge in [-0.05, 0) is 12.2 Å². The van der Waals surface area contributed by atoms with Crippen molar-refractivity contribution in [3.05, 3.63) is 0 Å². The highest BCUT2D eigenvalue weighted by Gasteiger charge is 2.16. The molecule has 0 aliphatic heterocycles. The molecule has 1 unspecified atom stereocenters. The van der Waals surface area contributed by atoms with Gasteiger partial charge in [0.25, 0.3) is 0 Å². The highest BCUT2D eigenvalue weighted by molar-refractivity contribution is 7.99. The molecule has 34 heavy (non-hydrogen) atoms. The monoisotopic (exact) mass is 636 g/mol. The first-order valence-electron chi connectivity index (χ1n) is 13.6. The Morgan fingerprint density at radius 1 is 0.794 bits per heavy atom. The van der Waals surface area contributed by atoms with E-state index in [1.807, 2.05) is 11.8 Å². The van der Waals surface area contributed by atoms with Crippen molar-refractivity contribution in [1.29, 1.82) is 0 Å². The number of thioether (sulfide) groups is 1. The van der Waals surface area contributed by atoms with Crippen LogP contribution >= 0.6 is 11.8 Å². The molecule has 0 saturated carbocycles. The topological polar surface area (TPSA) is 55.4 Å². The zero-order valence-electron chi connectivity index (χ0n) is 23.1.